The standard InChI is InChI=1S/C19H20IN3O/c1-18(2,3)23-13-5-4-11-12(16(13)21-22-23)9-19-7-6-10(8-19)17(24)15(20)14(11)19/h4-5,10H,6-9H2,1-3H3/t10-,19+/m1/s1. The highest BCUT2D eigenvalue weighted by Crippen LogP contribution is 2.63. The fourth-order valence-corrected chi connectivity index (χ4v) is 6.36. The lowest BCUT2D eigenvalue weighted by Crippen LogP contribution is -2.25. The molecule has 1 aromatic heterocycles. The molecule has 0 N–H and O–H groups in total. The van der Waals surface area contributed by atoms with Crippen LogP contribution in [0.25, 0.3) is 16.6 Å². The fraction of sp³-hybridized carbons (Fsp3) is 0.526. The van der Waals surface area contributed by atoms with E-state index in [0.717, 1.165) is 40.3 Å². The Morgan fingerprint density at radius 1 is 1.33 bits per heavy atom. The number of hydrogen-bond donors (Lipinski definition) is 0. The van der Waals surface area contributed by atoms with Gasteiger partial charge in [0.1, 0.15) is 5.52 Å². The molecule has 1 fully saturated rings. The summed E-state index contributed by atoms with van der Waals surface area (Å²) in [6.45, 7) is 6.45. The summed E-state index contributed by atoms with van der Waals surface area (Å²) in [6.07, 6.45) is 4.22. The first-order valence-electron chi connectivity index (χ1n) is 8.64. The third-order valence-electron chi connectivity index (χ3n) is 6.09. The summed E-state index contributed by atoms with van der Waals surface area (Å²) in [5.41, 5.74) is 6.09. The van der Waals surface area contributed by atoms with Crippen LogP contribution in [0.1, 0.15) is 51.2 Å². The van der Waals surface area contributed by atoms with E-state index in [2.05, 4.69) is 65.8 Å². The van der Waals surface area contributed by atoms with Gasteiger partial charge >= 0.3 is 0 Å². The monoisotopic (exact) mass is 433 g/mol. The van der Waals surface area contributed by atoms with E-state index in [4.69, 9.17) is 0 Å². The number of rotatable bonds is 0. The number of allylic oxidation sites excluding steroid dienone is 2. The molecule has 3 aliphatic rings. The lowest BCUT2D eigenvalue weighted by Gasteiger charge is -2.30. The normalized spacial score (nSPS) is 28.7. The first kappa shape index (κ1) is 15.0. The van der Waals surface area contributed by atoms with Crippen molar-refractivity contribution in [3.05, 3.63) is 26.8 Å². The van der Waals surface area contributed by atoms with Gasteiger partial charge in [-0.05, 0) is 91.8 Å². The highest BCUT2D eigenvalue weighted by atomic mass is 127. The van der Waals surface area contributed by atoms with Crippen LogP contribution in [0.15, 0.2) is 15.7 Å². The van der Waals surface area contributed by atoms with Crippen LogP contribution >= 0.6 is 22.6 Å². The van der Waals surface area contributed by atoms with E-state index in [0.29, 0.717) is 5.78 Å². The zero-order valence-corrected chi connectivity index (χ0v) is 16.3. The third-order valence-corrected chi connectivity index (χ3v) is 7.16. The van der Waals surface area contributed by atoms with Crippen LogP contribution < -0.4 is 0 Å². The Morgan fingerprint density at radius 2 is 2.12 bits per heavy atom. The second-order valence-corrected chi connectivity index (χ2v) is 9.66. The molecule has 2 bridgehead atoms. The molecule has 1 aromatic carbocycles. The number of carbonyl (C=O) groups is 1. The summed E-state index contributed by atoms with van der Waals surface area (Å²) in [7, 11) is 0. The molecular weight excluding hydrogens is 413 g/mol. The van der Waals surface area contributed by atoms with Gasteiger partial charge in [0.15, 0.2) is 5.78 Å². The van der Waals surface area contributed by atoms with Gasteiger partial charge in [-0.3, -0.25) is 4.79 Å². The minimum absolute atomic E-state index is 0.0885. The van der Waals surface area contributed by atoms with Crippen molar-refractivity contribution < 1.29 is 4.79 Å². The zero-order chi connectivity index (χ0) is 16.9. The van der Waals surface area contributed by atoms with Gasteiger partial charge < -0.3 is 0 Å². The molecule has 24 heavy (non-hydrogen) atoms. The molecule has 2 atom stereocenters. The van der Waals surface area contributed by atoms with Gasteiger partial charge in [0.05, 0.1) is 14.6 Å². The second kappa shape index (κ2) is 4.48. The Kier molecular flexibility index (Phi) is 2.81. The van der Waals surface area contributed by atoms with Crippen LogP contribution in [0, 0.1) is 11.3 Å². The van der Waals surface area contributed by atoms with Gasteiger partial charge in [-0.25, -0.2) is 4.68 Å². The Morgan fingerprint density at radius 3 is 2.88 bits per heavy atom. The molecule has 3 aliphatic carbocycles. The highest BCUT2D eigenvalue weighted by Gasteiger charge is 2.54. The topological polar surface area (TPSA) is 47.8 Å². The van der Waals surface area contributed by atoms with Crippen molar-refractivity contribution in [3.8, 4) is 0 Å². The van der Waals surface area contributed by atoms with Gasteiger partial charge in [-0.15, -0.1) is 5.10 Å². The number of ketones is 1. The maximum atomic E-state index is 12.6. The molecular formula is C19H20IN3O. The third kappa shape index (κ3) is 1.71. The Bertz CT molecular complexity index is 949. The lowest BCUT2D eigenvalue weighted by atomic mass is 9.74. The minimum atomic E-state index is -0.0885. The first-order valence-corrected chi connectivity index (χ1v) is 9.72. The van der Waals surface area contributed by atoms with Crippen molar-refractivity contribution in [1.82, 2.24) is 15.0 Å². The molecule has 5 rings (SSSR count). The molecule has 2 aromatic rings. The molecule has 1 heterocycles. The van der Waals surface area contributed by atoms with Crippen molar-refractivity contribution in [3.63, 3.8) is 0 Å². The number of Topliss-reactive ketones (excluding diaryl/α,β-unsaturated/α-hetero) is 1. The van der Waals surface area contributed by atoms with Crippen LogP contribution in [-0.4, -0.2) is 20.8 Å². The lowest BCUT2D eigenvalue weighted by molar-refractivity contribution is -0.118. The molecule has 4 nitrogen and oxygen atoms in total. The number of halogens is 1. The Labute approximate surface area is 154 Å². The average Bonchev–Trinajstić information content (AvgIpc) is 3.18. The molecule has 0 radical (unpaired) electrons. The molecule has 0 saturated heterocycles. The van der Waals surface area contributed by atoms with Crippen molar-refractivity contribution in [2.24, 2.45) is 11.3 Å². The first-order chi connectivity index (χ1) is 11.3. The maximum Gasteiger partial charge on any atom is 0.172 e. The summed E-state index contributed by atoms with van der Waals surface area (Å²) in [6, 6.07) is 4.35. The summed E-state index contributed by atoms with van der Waals surface area (Å²) in [5, 5.41) is 8.98. The van der Waals surface area contributed by atoms with E-state index < -0.39 is 0 Å². The summed E-state index contributed by atoms with van der Waals surface area (Å²) >= 11 is 2.29. The number of fused-ring (bicyclic) bond motifs is 5. The van der Waals surface area contributed by atoms with E-state index >= 15 is 0 Å². The van der Waals surface area contributed by atoms with Crippen molar-refractivity contribution >= 4 is 45.0 Å². The van der Waals surface area contributed by atoms with E-state index in [9.17, 15) is 4.79 Å². The van der Waals surface area contributed by atoms with Gasteiger partial charge in [0, 0.05) is 11.3 Å². The minimum Gasteiger partial charge on any atom is -0.293 e. The number of benzene rings is 1. The highest BCUT2D eigenvalue weighted by molar-refractivity contribution is 14.1. The molecule has 0 amide bonds. The van der Waals surface area contributed by atoms with Crippen molar-refractivity contribution in [1.29, 1.82) is 0 Å². The fourth-order valence-electron chi connectivity index (χ4n) is 5.06. The number of carbonyl (C=O) groups excluding carboxylic acids is 1. The molecule has 124 valence electrons. The van der Waals surface area contributed by atoms with Gasteiger partial charge in [-0.2, -0.15) is 0 Å². The van der Waals surface area contributed by atoms with Crippen LogP contribution in [0.2, 0.25) is 0 Å². The Balaban J connectivity index is 1.79. The van der Waals surface area contributed by atoms with E-state index in [-0.39, 0.29) is 16.9 Å². The van der Waals surface area contributed by atoms with Gasteiger partial charge in [-0.1, -0.05) is 11.3 Å². The number of hydrogen-bond acceptors (Lipinski definition) is 3. The molecule has 5 heteroatoms. The predicted octanol–water partition coefficient (Wildman–Crippen LogP) is 4.26. The maximum absolute atomic E-state index is 12.6. The van der Waals surface area contributed by atoms with Crippen molar-refractivity contribution in [2.45, 2.75) is 52.0 Å². The Hall–Kier alpha value is -1.24. The number of nitrogens with zero attached hydrogens (tertiary/aromatic N) is 3. The summed E-state index contributed by atoms with van der Waals surface area (Å²) in [5.74, 6) is 0.612. The van der Waals surface area contributed by atoms with E-state index in [1.165, 1.54) is 16.7 Å². The quantitative estimate of drug-likeness (QED) is 0.584. The zero-order valence-electron chi connectivity index (χ0n) is 14.2. The predicted molar refractivity (Wildman–Crippen MR) is 102 cm³/mol. The molecule has 0 unspecified atom stereocenters. The van der Waals surface area contributed by atoms with Crippen LogP contribution in [0.3, 0.4) is 0 Å². The second-order valence-electron chi connectivity index (χ2n) is 8.58. The van der Waals surface area contributed by atoms with E-state index in [1.807, 2.05) is 4.68 Å². The van der Waals surface area contributed by atoms with Crippen molar-refractivity contribution in [2.75, 3.05) is 0 Å². The summed E-state index contributed by atoms with van der Waals surface area (Å²) in [4.78, 5) is 12.6. The largest absolute Gasteiger partial charge is 0.293 e. The van der Waals surface area contributed by atoms with Gasteiger partial charge in [0.25, 0.3) is 0 Å². The van der Waals surface area contributed by atoms with Crippen LogP contribution in [0.5, 0.6) is 0 Å². The molecule has 0 aliphatic heterocycles. The SMILES string of the molecule is CC(C)(C)n1nnc2c3c(ccc21)C1=C(I)C(=O)[C@@H]2CC[C@@]1(C3)C2. The van der Waals surface area contributed by atoms with E-state index in [1.54, 1.807) is 0 Å². The van der Waals surface area contributed by atoms with Crippen LogP contribution in [-0.2, 0) is 16.8 Å². The molecule has 1 spiro atoms. The average molecular weight is 433 g/mol. The van der Waals surface area contributed by atoms with Crippen LogP contribution in [0.4, 0.5) is 0 Å². The molecule has 1 saturated carbocycles. The summed E-state index contributed by atoms with van der Waals surface area (Å²) < 4.78 is 2.99. The number of aromatic nitrogens is 3. The smallest absolute Gasteiger partial charge is 0.172 e. The van der Waals surface area contributed by atoms with Gasteiger partial charge in [0.2, 0.25) is 0 Å².